The Labute approximate surface area is 80.2 Å². The Kier molecular flexibility index (Phi) is 2.12. The van der Waals surface area contributed by atoms with E-state index in [1.165, 1.54) is 0 Å². The van der Waals surface area contributed by atoms with Crippen molar-refractivity contribution in [3.05, 3.63) is 42.1 Å². The summed E-state index contributed by atoms with van der Waals surface area (Å²) >= 11 is 0. The molecule has 4 heteroatoms. The van der Waals surface area contributed by atoms with E-state index in [1.807, 2.05) is 0 Å². The largest absolute Gasteiger partial charge is 0.288 e. The van der Waals surface area contributed by atoms with Gasteiger partial charge in [-0.15, -0.1) is 0 Å². The van der Waals surface area contributed by atoms with Crippen molar-refractivity contribution in [3.63, 3.8) is 0 Å². The highest BCUT2D eigenvalue weighted by Crippen LogP contribution is 2.15. The summed E-state index contributed by atoms with van der Waals surface area (Å²) in [6.07, 6.45) is 2.68. The second-order valence-corrected chi connectivity index (χ2v) is 2.75. The molecule has 1 amide bonds. The van der Waals surface area contributed by atoms with Gasteiger partial charge in [0.1, 0.15) is 0 Å². The van der Waals surface area contributed by atoms with E-state index in [0.717, 1.165) is 0 Å². The van der Waals surface area contributed by atoms with Crippen LogP contribution in [0, 0.1) is 6.20 Å². The number of nitrogens with one attached hydrogen (secondary N) is 1. The lowest BCUT2D eigenvalue weighted by Gasteiger charge is -2.02. The average molecular weight is 187 g/mol. The molecule has 14 heavy (non-hydrogen) atoms. The highest BCUT2D eigenvalue weighted by molar-refractivity contribution is 6.05. The van der Waals surface area contributed by atoms with Gasteiger partial charge in [0.2, 0.25) is 0 Å². The molecule has 0 unspecified atom stereocenters. The third kappa shape index (κ3) is 1.31. The quantitative estimate of drug-likeness (QED) is 0.520. The number of hydrogen-bond acceptors (Lipinski definition) is 3. The van der Waals surface area contributed by atoms with Crippen LogP contribution < -0.4 is 5.48 Å². The van der Waals surface area contributed by atoms with Crippen molar-refractivity contribution in [3.8, 4) is 0 Å². The van der Waals surface area contributed by atoms with Gasteiger partial charge in [-0.05, 0) is 24.3 Å². The summed E-state index contributed by atoms with van der Waals surface area (Å²) in [5.74, 6) is -0.538. The third-order valence-corrected chi connectivity index (χ3v) is 1.94. The van der Waals surface area contributed by atoms with Gasteiger partial charge in [0.05, 0.1) is 17.3 Å². The van der Waals surface area contributed by atoms with Gasteiger partial charge in [0.25, 0.3) is 5.91 Å². The van der Waals surface area contributed by atoms with E-state index in [1.54, 1.807) is 35.8 Å². The SMILES string of the molecule is O=C(NO)c1cccc2n[c]ccc12. The number of rotatable bonds is 1. The fourth-order valence-electron chi connectivity index (χ4n) is 1.31. The van der Waals surface area contributed by atoms with Gasteiger partial charge in [-0.2, -0.15) is 0 Å². The molecule has 4 nitrogen and oxygen atoms in total. The van der Waals surface area contributed by atoms with Crippen molar-refractivity contribution in [2.45, 2.75) is 0 Å². The molecule has 1 aromatic heterocycles. The smallest absolute Gasteiger partial charge is 0.275 e. The lowest BCUT2D eigenvalue weighted by Crippen LogP contribution is -2.18. The first kappa shape index (κ1) is 8.65. The molecule has 0 saturated carbocycles. The maximum absolute atomic E-state index is 11.2. The molecule has 2 rings (SSSR count). The average Bonchev–Trinajstić information content (AvgIpc) is 2.27. The maximum Gasteiger partial charge on any atom is 0.275 e. The van der Waals surface area contributed by atoms with E-state index in [-0.39, 0.29) is 0 Å². The predicted octanol–water partition coefficient (Wildman–Crippen LogP) is 1.15. The topological polar surface area (TPSA) is 62.2 Å². The zero-order valence-corrected chi connectivity index (χ0v) is 7.19. The Morgan fingerprint density at radius 3 is 3.07 bits per heavy atom. The molecule has 1 aromatic carbocycles. The standard InChI is InChI=1S/C10H7N2O2/c13-10(12-14)8-3-1-5-9-7(8)4-2-6-11-9/h1-5,14H,(H,12,13). The van der Waals surface area contributed by atoms with E-state index in [9.17, 15) is 4.79 Å². The van der Waals surface area contributed by atoms with Gasteiger partial charge in [-0.25, -0.2) is 10.5 Å². The number of hydrogen-bond donors (Lipinski definition) is 2. The fraction of sp³-hybridized carbons (Fsp3) is 0. The van der Waals surface area contributed by atoms with Crippen LogP contribution in [0.3, 0.4) is 0 Å². The summed E-state index contributed by atoms with van der Waals surface area (Å²) < 4.78 is 0. The summed E-state index contributed by atoms with van der Waals surface area (Å²) in [7, 11) is 0. The number of amides is 1. The predicted molar refractivity (Wildman–Crippen MR) is 49.8 cm³/mol. The van der Waals surface area contributed by atoms with Gasteiger partial charge in [-0.3, -0.25) is 10.0 Å². The van der Waals surface area contributed by atoms with Crippen LogP contribution in [0.2, 0.25) is 0 Å². The van der Waals surface area contributed by atoms with Crippen molar-refractivity contribution in [1.82, 2.24) is 10.5 Å². The first-order valence-corrected chi connectivity index (χ1v) is 4.03. The number of aromatic nitrogens is 1. The monoisotopic (exact) mass is 187 g/mol. The van der Waals surface area contributed by atoms with Crippen molar-refractivity contribution in [2.75, 3.05) is 0 Å². The maximum atomic E-state index is 11.2. The molecule has 0 aliphatic rings. The van der Waals surface area contributed by atoms with Gasteiger partial charge in [0.15, 0.2) is 0 Å². The first-order chi connectivity index (χ1) is 6.83. The number of carbonyl (C=O) groups excluding carboxylic acids is 1. The normalized spacial score (nSPS) is 10.1. The summed E-state index contributed by atoms with van der Waals surface area (Å²) in [6.45, 7) is 0. The van der Waals surface area contributed by atoms with E-state index in [2.05, 4.69) is 11.2 Å². The highest BCUT2D eigenvalue weighted by Gasteiger charge is 2.08. The third-order valence-electron chi connectivity index (χ3n) is 1.94. The van der Waals surface area contributed by atoms with Crippen LogP contribution in [0.4, 0.5) is 0 Å². The van der Waals surface area contributed by atoms with Gasteiger partial charge < -0.3 is 0 Å². The van der Waals surface area contributed by atoms with Crippen molar-refractivity contribution >= 4 is 16.8 Å². The molecule has 2 N–H and O–H groups in total. The molecule has 0 atom stereocenters. The number of fused-ring (bicyclic) bond motifs is 1. The number of benzene rings is 1. The Bertz CT molecular complexity index is 477. The van der Waals surface area contributed by atoms with E-state index in [4.69, 9.17) is 5.21 Å². The van der Waals surface area contributed by atoms with Crippen LogP contribution in [0.15, 0.2) is 30.3 Å². The van der Waals surface area contributed by atoms with Crippen LogP contribution in [-0.4, -0.2) is 16.1 Å². The summed E-state index contributed by atoms with van der Waals surface area (Å²) in [5.41, 5.74) is 2.67. The fourth-order valence-corrected chi connectivity index (χ4v) is 1.31. The summed E-state index contributed by atoms with van der Waals surface area (Å²) in [5, 5.41) is 9.21. The molecule has 0 saturated heterocycles. The Hall–Kier alpha value is -1.94. The van der Waals surface area contributed by atoms with Gasteiger partial charge in [-0.1, -0.05) is 6.07 Å². The molecule has 1 heterocycles. The molecule has 1 radical (unpaired) electrons. The van der Waals surface area contributed by atoms with Crippen LogP contribution in [-0.2, 0) is 0 Å². The van der Waals surface area contributed by atoms with Crippen molar-refractivity contribution in [1.29, 1.82) is 0 Å². The number of carbonyl (C=O) groups is 1. The molecular formula is C10H7N2O2. The first-order valence-electron chi connectivity index (χ1n) is 4.03. The molecular weight excluding hydrogens is 180 g/mol. The zero-order valence-electron chi connectivity index (χ0n) is 7.19. The number of nitrogens with zero attached hydrogens (tertiary/aromatic N) is 1. The molecule has 0 spiro atoms. The lowest BCUT2D eigenvalue weighted by atomic mass is 10.1. The van der Waals surface area contributed by atoms with E-state index >= 15 is 0 Å². The molecule has 0 aliphatic heterocycles. The number of pyridine rings is 1. The molecule has 69 valence electrons. The minimum Gasteiger partial charge on any atom is -0.288 e. The second kappa shape index (κ2) is 3.43. The summed E-state index contributed by atoms with van der Waals surface area (Å²) in [6, 6.07) is 8.45. The zero-order chi connectivity index (χ0) is 9.97. The summed E-state index contributed by atoms with van der Waals surface area (Å²) in [4.78, 5) is 15.2. The Morgan fingerprint density at radius 1 is 1.43 bits per heavy atom. The Morgan fingerprint density at radius 2 is 2.29 bits per heavy atom. The minimum atomic E-state index is -0.538. The van der Waals surface area contributed by atoms with Crippen molar-refractivity contribution in [2.24, 2.45) is 0 Å². The minimum absolute atomic E-state index is 0.395. The highest BCUT2D eigenvalue weighted by atomic mass is 16.5. The Balaban J connectivity index is 2.71. The van der Waals surface area contributed by atoms with Crippen LogP contribution in [0.5, 0.6) is 0 Å². The molecule has 2 aromatic rings. The second-order valence-electron chi connectivity index (χ2n) is 2.75. The van der Waals surface area contributed by atoms with Crippen molar-refractivity contribution < 1.29 is 10.0 Å². The van der Waals surface area contributed by atoms with Gasteiger partial charge >= 0.3 is 0 Å². The van der Waals surface area contributed by atoms with Gasteiger partial charge in [0, 0.05) is 5.39 Å². The molecule has 0 fully saturated rings. The van der Waals surface area contributed by atoms with Crippen LogP contribution in [0.1, 0.15) is 10.4 Å². The van der Waals surface area contributed by atoms with Crippen LogP contribution in [0.25, 0.3) is 10.9 Å². The molecule has 0 aliphatic carbocycles. The lowest BCUT2D eigenvalue weighted by molar-refractivity contribution is 0.0708. The van der Waals surface area contributed by atoms with E-state index < -0.39 is 5.91 Å². The van der Waals surface area contributed by atoms with Crippen LogP contribution >= 0.6 is 0 Å². The molecule has 0 bridgehead atoms. The van der Waals surface area contributed by atoms with E-state index in [0.29, 0.717) is 16.5 Å². The number of hydroxylamine groups is 1.